The highest BCUT2D eigenvalue weighted by Crippen LogP contribution is 2.14. The molecule has 1 radical (unpaired) electrons. The average molecular weight is 193 g/mol. The van der Waals surface area contributed by atoms with E-state index in [0.29, 0.717) is 12.5 Å². The molecule has 0 fully saturated rings. The Hall–Kier alpha value is 0.0569. The lowest BCUT2D eigenvalue weighted by atomic mass is 10.6. The van der Waals surface area contributed by atoms with E-state index in [9.17, 15) is 0 Å². The first-order valence-electron chi connectivity index (χ1n) is 3.89. The number of aliphatic hydroxyl groups is 1. The molecule has 1 N–H and O–H groups in total. The van der Waals surface area contributed by atoms with Gasteiger partial charge in [-0.25, -0.2) is 0 Å². The minimum Gasteiger partial charge on any atom is -0.394 e. The SMILES string of the molecule is [CH2]CC[Si](OC)(OC)OCCO. The van der Waals surface area contributed by atoms with Gasteiger partial charge in [0.2, 0.25) is 0 Å². The smallest absolute Gasteiger partial charge is 0.394 e. The van der Waals surface area contributed by atoms with Crippen molar-refractivity contribution in [2.45, 2.75) is 12.5 Å². The number of rotatable bonds is 7. The summed E-state index contributed by atoms with van der Waals surface area (Å²) in [5.41, 5.74) is 0. The van der Waals surface area contributed by atoms with Crippen LogP contribution in [0.4, 0.5) is 0 Å². The predicted molar refractivity (Wildman–Crippen MR) is 47.6 cm³/mol. The Morgan fingerprint density at radius 3 is 2.25 bits per heavy atom. The lowest BCUT2D eigenvalue weighted by Gasteiger charge is -2.25. The molecule has 0 aromatic rings. The van der Waals surface area contributed by atoms with Crippen molar-refractivity contribution >= 4 is 8.80 Å². The van der Waals surface area contributed by atoms with Gasteiger partial charge < -0.3 is 18.4 Å². The van der Waals surface area contributed by atoms with E-state index in [4.69, 9.17) is 18.4 Å². The van der Waals surface area contributed by atoms with Crippen molar-refractivity contribution in [1.29, 1.82) is 0 Å². The van der Waals surface area contributed by atoms with Gasteiger partial charge in [0.15, 0.2) is 0 Å². The van der Waals surface area contributed by atoms with Crippen LogP contribution in [-0.4, -0.2) is 41.3 Å². The van der Waals surface area contributed by atoms with E-state index in [1.807, 2.05) is 0 Å². The van der Waals surface area contributed by atoms with Crippen molar-refractivity contribution in [3.63, 3.8) is 0 Å². The Labute approximate surface area is 74.8 Å². The zero-order valence-electron chi connectivity index (χ0n) is 7.71. The Balaban J connectivity index is 3.95. The molecule has 0 aliphatic carbocycles. The lowest BCUT2D eigenvalue weighted by molar-refractivity contribution is 0.0789. The molecule has 4 nitrogen and oxygen atoms in total. The largest absolute Gasteiger partial charge is 0.500 e. The van der Waals surface area contributed by atoms with Gasteiger partial charge in [-0.05, 0) is 6.42 Å². The summed E-state index contributed by atoms with van der Waals surface area (Å²) < 4.78 is 15.7. The van der Waals surface area contributed by atoms with Crippen LogP contribution in [0.25, 0.3) is 0 Å². The van der Waals surface area contributed by atoms with Crippen LogP contribution < -0.4 is 0 Å². The first-order valence-corrected chi connectivity index (χ1v) is 5.82. The molecule has 12 heavy (non-hydrogen) atoms. The zero-order valence-corrected chi connectivity index (χ0v) is 8.71. The molecule has 0 aliphatic heterocycles. The Kier molecular flexibility index (Phi) is 6.59. The molecule has 0 unspecified atom stereocenters. The normalized spacial score (nSPS) is 12.0. The van der Waals surface area contributed by atoms with Crippen LogP contribution in [0.3, 0.4) is 0 Å². The minimum absolute atomic E-state index is 0.0153. The van der Waals surface area contributed by atoms with Gasteiger partial charge >= 0.3 is 8.80 Å². The van der Waals surface area contributed by atoms with Gasteiger partial charge in [0, 0.05) is 20.3 Å². The third kappa shape index (κ3) is 3.64. The zero-order chi connectivity index (χ0) is 9.45. The molecular formula is C7H17O4Si. The van der Waals surface area contributed by atoms with Crippen molar-refractivity contribution < 1.29 is 18.4 Å². The van der Waals surface area contributed by atoms with Crippen molar-refractivity contribution in [3.05, 3.63) is 6.92 Å². The molecule has 0 heterocycles. The summed E-state index contributed by atoms with van der Waals surface area (Å²) in [7, 11) is 0.630. The minimum atomic E-state index is -2.49. The van der Waals surface area contributed by atoms with Crippen molar-refractivity contribution in [2.75, 3.05) is 27.4 Å². The summed E-state index contributed by atoms with van der Waals surface area (Å²) in [4.78, 5) is 0. The van der Waals surface area contributed by atoms with Gasteiger partial charge in [0.1, 0.15) is 0 Å². The highest BCUT2D eigenvalue weighted by molar-refractivity contribution is 6.60. The van der Waals surface area contributed by atoms with Gasteiger partial charge in [-0.3, -0.25) is 0 Å². The monoisotopic (exact) mass is 193 g/mol. The molecule has 0 spiro atoms. The van der Waals surface area contributed by atoms with E-state index >= 15 is 0 Å². The van der Waals surface area contributed by atoms with Crippen LogP contribution in [0.2, 0.25) is 6.04 Å². The third-order valence-electron chi connectivity index (χ3n) is 1.52. The van der Waals surface area contributed by atoms with Crippen LogP contribution in [-0.2, 0) is 13.3 Å². The maximum absolute atomic E-state index is 8.56. The van der Waals surface area contributed by atoms with Gasteiger partial charge in [-0.15, -0.1) is 0 Å². The molecule has 0 aliphatic rings. The second-order valence-corrected chi connectivity index (χ2v) is 5.24. The van der Waals surface area contributed by atoms with E-state index in [1.165, 1.54) is 0 Å². The predicted octanol–water partition coefficient (Wildman–Crippen LogP) is 0.451. The van der Waals surface area contributed by atoms with Crippen molar-refractivity contribution in [2.24, 2.45) is 0 Å². The highest BCUT2D eigenvalue weighted by atomic mass is 28.4. The number of hydrogen-bond acceptors (Lipinski definition) is 4. The van der Waals surface area contributed by atoms with Crippen LogP contribution in [0.5, 0.6) is 0 Å². The fourth-order valence-electron chi connectivity index (χ4n) is 0.895. The summed E-state index contributed by atoms with van der Waals surface area (Å²) in [5.74, 6) is 0. The average Bonchev–Trinajstić information content (AvgIpc) is 2.13. The van der Waals surface area contributed by atoms with Crippen LogP contribution in [0.15, 0.2) is 0 Å². The van der Waals surface area contributed by atoms with Crippen LogP contribution >= 0.6 is 0 Å². The second-order valence-electron chi connectivity index (χ2n) is 2.27. The molecule has 0 saturated heterocycles. The maximum Gasteiger partial charge on any atom is 0.500 e. The summed E-state index contributed by atoms with van der Waals surface area (Å²) in [6.45, 7) is 3.95. The molecule has 0 atom stereocenters. The summed E-state index contributed by atoms with van der Waals surface area (Å²) >= 11 is 0. The Morgan fingerprint density at radius 1 is 1.33 bits per heavy atom. The molecule has 0 saturated carbocycles. The molecule has 0 aromatic heterocycles. The van der Waals surface area contributed by atoms with E-state index in [0.717, 1.165) is 0 Å². The van der Waals surface area contributed by atoms with Gasteiger partial charge in [-0.1, -0.05) is 6.92 Å². The standard InChI is InChI=1S/C7H17O4Si/c1-4-7-12(9-2,10-3)11-6-5-8/h8H,1,4-7H2,2-3H3. The van der Waals surface area contributed by atoms with Crippen molar-refractivity contribution in [1.82, 2.24) is 0 Å². The van der Waals surface area contributed by atoms with Crippen molar-refractivity contribution in [3.8, 4) is 0 Å². The van der Waals surface area contributed by atoms with Gasteiger partial charge in [0.25, 0.3) is 0 Å². The van der Waals surface area contributed by atoms with E-state index in [2.05, 4.69) is 6.92 Å². The summed E-state index contributed by atoms with van der Waals surface area (Å²) in [5, 5.41) is 8.56. The topological polar surface area (TPSA) is 47.9 Å². The number of aliphatic hydroxyl groups excluding tert-OH is 1. The van der Waals surface area contributed by atoms with Crippen LogP contribution in [0, 0.1) is 6.92 Å². The lowest BCUT2D eigenvalue weighted by Crippen LogP contribution is -2.44. The van der Waals surface area contributed by atoms with E-state index in [-0.39, 0.29) is 13.2 Å². The summed E-state index contributed by atoms with van der Waals surface area (Å²) in [6.07, 6.45) is 0.708. The van der Waals surface area contributed by atoms with E-state index < -0.39 is 8.80 Å². The highest BCUT2D eigenvalue weighted by Gasteiger charge is 2.37. The molecular weight excluding hydrogens is 176 g/mol. The molecule has 0 bridgehead atoms. The molecule has 0 amide bonds. The van der Waals surface area contributed by atoms with Gasteiger partial charge in [-0.2, -0.15) is 0 Å². The maximum atomic E-state index is 8.56. The Bertz CT molecular complexity index is 106. The first-order chi connectivity index (χ1) is 5.74. The molecule has 0 rings (SSSR count). The number of hydrogen-bond donors (Lipinski definition) is 1. The fraction of sp³-hybridized carbons (Fsp3) is 0.857. The third-order valence-corrected chi connectivity index (χ3v) is 4.37. The quantitative estimate of drug-likeness (QED) is 0.596. The molecule has 73 valence electrons. The van der Waals surface area contributed by atoms with Gasteiger partial charge in [0.05, 0.1) is 13.2 Å². The molecule has 5 heteroatoms. The second kappa shape index (κ2) is 6.56. The fourth-order valence-corrected chi connectivity index (χ4v) is 2.69. The Morgan fingerprint density at radius 2 is 1.92 bits per heavy atom. The summed E-state index contributed by atoms with van der Waals surface area (Å²) in [6, 6.07) is 0.681. The van der Waals surface area contributed by atoms with E-state index in [1.54, 1.807) is 14.2 Å². The first kappa shape index (κ1) is 12.1. The molecule has 0 aromatic carbocycles. The van der Waals surface area contributed by atoms with Crippen LogP contribution in [0.1, 0.15) is 6.42 Å².